The summed E-state index contributed by atoms with van der Waals surface area (Å²) in [7, 11) is -3.68. The first-order chi connectivity index (χ1) is 14.4. The number of urea groups is 1. The Morgan fingerprint density at radius 3 is 2.20 bits per heavy atom. The summed E-state index contributed by atoms with van der Waals surface area (Å²) in [6, 6.07) is 13.7. The quantitative estimate of drug-likeness (QED) is 0.717. The Balaban J connectivity index is 1.39. The number of amides is 2. The van der Waals surface area contributed by atoms with Crippen LogP contribution in [0.15, 0.2) is 53.4 Å². The molecule has 2 amide bonds. The minimum atomic E-state index is -3.68. The highest BCUT2D eigenvalue weighted by Crippen LogP contribution is 2.41. The second kappa shape index (κ2) is 8.75. The van der Waals surface area contributed by atoms with Gasteiger partial charge in [0.15, 0.2) is 0 Å². The van der Waals surface area contributed by atoms with Crippen molar-refractivity contribution in [1.82, 2.24) is 14.5 Å². The molecule has 2 aromatic rings. The molecule has 2 fully saturated rings. The van der Waals surface area contributed by atoms with Crippen LogP contribution in [-0.2, 0) is 10.0 Å². The Hall–Kier alpha value is -1.80. The first-order valence-corrected chi connectivity index (χ1v) is 12.1. The number of hydrogen-bond donors (Lipinski definition) is 1. The van der Waals surface area contributed by atoms with E-state index in [1.165, 1.54) is 10.4 Å². The van der Waals surface area contributed by atoms with Gasteiger partial charge in [-0.25, -0.2) is 13.2 Å². The third-order valence-corrected chi connectivity index (χ3v) is 8.23. The number of piperazine rings is 1. The van der Waals surface area contributed by atoms with E-state index in [4.69, 9.17) is 23.2 Å². The van der Waals surface area contributed by atoms with Gasteiger partial charge in [-0.15, -0.1) is 0 Å². The maximum absolute atomic E-state index is 12.9. The van der Waals surface area contributed by atoms with Crippen LogP contribution in [0.4, 0.5) is 4.79 Å². The van der Waals surface area contributed by atoms with E-state index in [1.54, 1.807) is 23.1 Å². The minimum absolute atomic E-state index is 0.0559. The van der Waals surface area contributed by atoms with Crippen LogP contribution in [0.5, 0.6) is 0 Å². The fourth-order valence-electron chi connectivity index (χ4n) is 3.72. The van der Waals surface area contributed by atoms with E-state index in [0.29, 0.717) is 24.0 Å². The molecule has 0 spiro atoms. The first kappa shape index (κ1) is 21.4. The molecular formula is C21H23Cl2N3O3S. The molecule has 1 saturated heterocycles. The molecule has 6 nitrogen and oxygen atoms in total. The van der Waals surface area contributed by atoms with Crippen LogP contribution in [0.3, 0.4) is 0 Å². The predicted octanol–water partition coefficient (Wildman–Crippen LogP) is 4.16. The van der Waals surface area contributed by atoms with Crippen molar-refractivity contribution in [3.05, 3.63) is 64.1 Å². The molecule has 0 aromatic heterocycles. The number of benzene rings is 2. The van der Waals surface area contributed by atoms with E-state index >= 15 is 0 Å². The second-order valence-corrected chi connectivity index (χ2v) is 10.4. The molecule has 2 aliphatic rings. The van der Waals surface area contributed by atoms with Crippen molar-refractivity contribution in [2.75, 3.05) is 26.2 Å². The zero-order valence-electron chi connectivity index (χ0n) is 16.3. The van der Waals surface area contributed by atoms with Gasteiger partial charge in [0.1, 0.15) is 4.90 Å². The number of carbonyl (C=O) groups is 1. The molecule has 1 saturated carbocycles. The normalized spacial score (nSPS) is 18.8. The van der Waals surface area contributed by atoms with Crippen molar-refractivity contribution in [1.29, 1.82) is 0 Å². The Morgan fingerprint density at radius 2 is 1.60 bits per heavy atom. The molecule has 0 radical (unpaired) electrons. The van der Waals surface area contributed by atoms with Crippen molar-refractivity contribution in [3.63, 3.8) is 0 Å². The molecular weight excluding hydrogens is 445 g/mol. The summed E-state index contributed by atoms with van der Waals surface area (Å²) >= 11 is 12.1. The maximum atomic E-state index is 12.9. The van der Waals surface area contributed by atoms with Crippen molar-refractivity contribution in [2.45, 2.75) is 23.8 Å². The molecule has 160 valence electrons. The van der Waals surface area contributed by atoms with E-state index in [0.717, 1.165) is 18.4 Å². The lowest BCUT2D eigenvalue weighted by Crippen LogP contribution is -2.53. The van der Waals surface area contributed by atoms with Crippen molar-refractivity contribution in [2.24, 2.45) is 5.92 Å². The van der Waals surface area contributed by atoms with Gasteiger partial charge >= 0.3 is 6.03 Å². The van der Waals surface area contributed by atoms with Crippen LogP contribution in [0.25, 0.3) is 0 Å². The number of sulfonamides is 1. The Morgan fingerprint density at radius 1 is 0.967 bits per heavy atom. The van der Waals surface area contributed by atoms with Crippen LogP contribution < -0.4 is 5.32 Å². The summed E-state index contributed by atoms with van der Waals surface area (Å²) in [5.74, 6) is 0.428. The summed E-state index contributed by atoms with van der Waals surface area (Å²) < 4.78 is 27.2. The lowest BCUT2D eigenvalue weighted by atomic mass is 10.0. The van der Waals surface area contributed by atoms with Crippen LogP contribution in [0.2, 0.25) is 10.0 Å². The van der Waals surface area contributed by atoms with Crippen molar-refractivity contribution < 1.29 is 13.2 Å². The molecule has 1 aliphatic heterocycles. The maximum Gasteiger partial charge on any atom is 0.317 e. The van der Waals surface area contributed by atoms with Gasteiger partial charge in [-0.05, 0) is 48.6 Å². The fourth-order valence-corrected chi connectivity index (χ4v) is 5.76. The van der Waals surface area contributed by atoms with Gasteiger partial charge in [-0.3, -0.25) is 0 Å². The van der Waals surface area contributed by atoms with Gasteiger partial charge < -0.3 is 10.2 Å². The summed E-state index contributed by atoms with van der Waals surface area (Å²) in [6.45, 7) is 1.12. The molecule has 9 heteroatoms. The van der Waals surface area contributed by atoms with Crippen LogP contribution >= 0.6 is 23.2 Å². The van der Waals surface area contributed by atoms with Crippen LogP contribution in [0.1, 0.15) is 24.4 Å². The lowest BCUT2D eigenvalue weighted by Gasteiger charge is -2.35. The number of halogens is 2. The highest BCUT2D eigenvalue weighted by Gasteiger charge is 2.36. The summed E-state index contributed by atoms with van der Waals surface area (Å²) in [5, 5.41) is 4.00. The van der Waals surface area contributed by atoms with Gasteiger partial charge in [-0.1, -0.05) is 47.5 Å². The highest BCUT2D eigenvalue weighted by atomic mass is 35.5. The first-order valence-electron chi connectivity index (χ1n) is 9.92. The second-order valence-electron chi connectivity index (χ2n) is 7.64. The zero-order chi connectivity index (χ0) is 21.3. The number of hydrogen-bond acceptors (Lipinski definition) is 3. The van der Waals surface area contributed by atoms with Gasteiger partial charge in [0, 0.05) is 31.2 Å². The summed E-state index contributed by atoms with van der Waals surface area (Å²) in [5.41, 5.74) is 1.04. The molecule has 0 unspecified atom stereocenters. The fraction of sp³-hybridized carbons (Fsp3) is 0.381. The number of nitrogens with one attached hydrogen (secondary N) is 1. The topological polar surface area (TPSA) is 69.7 Å². The largest absolute Gasteiger partial charge is 0.331 e. The molecule has 2 aromatic carbocycles. The molecule has 4 rings (SSSR count). The number of nitrogens with zero attached hydrogens (tertiary/aromatic N) is 2. The van der Waals surface area contributed by atoms with E-state index < -0.39 is 10.0 Å². The third-order valence-electron chi connectivity index (χ3n) is 5.58. The van der Waals surface area contributed by atoms with Gasteiger partial charge in [0.05, 0.1) is 11.1 Å². The molecule has 30 heavy (non-hydrogen) atoms. The Labute approximate surface area is 186 Å². The smallest absolute Gasteiger partial charge is 0.317 e. The van der Waals surface area contributed by atoms with Crippen LogP contribution in [-0.4, -0.2) is 49.8 Å². The van der Waals surface area contributed by atoms with Gasteiger partial charge in [0.2, 0.25) is 10.0 Å². The number of rotatable bonds is 5. The van der Waals surface area contributed by atoms with E-state index in [-0.39, 0.29) is 35.1 Å². The Bertz CT molecular complexity index is 1020. The average molecular weight is 468 g/mol. The average Bonchev–Trinajstić information content (AvgIpc) is 3.58. The molecule has 1 N–H and O–H groups in total. The monoisotopic (exact) mass is 467 g/mol. The SMILES string of the molecule is O=C(N[C@@H](c1ccc(Cl)cc1)C1CC1)N1CCN(S(=O)(=O)c2ccccc2Cl)CC1. The molecule has 0 bridgehead atoms. The summed E-state index contributed by atoms with van der Waals surface area (Å²) in [6.07, 6.45) is 2.16. The third kappa shape index (κ3) is 4.59. The zero-order valence-corrected chi connectivity index (χ0v) is 18.6. The molecule has 1 atom stereocenters. The molecule has 1 heterocycles. The van der Waals surface area contributed by atoms with Crippen molar-refractivity contribution in [3.8, 4) is 0 Å². The van der Waals surface area contributed by atoms with E-state index in [9.17, 15) is 13.2 Å². The lowest BCUT2D eigenvalue weighted by molar-refractivity contribution is 0.167. The van der Waals surface area contributed by atoms with Crippen molar-refractivity contribution >= 4 is 39.3 Å². The van der Waals surface area contributed by atoms with Crippen LogP contribution in [0, 0.1) is 5.92 Å². The summed E-state index contributed by atoms with van der Waals surface area (Å²) in [4.78, 5) is 14.6. The number of carbonyl (C=O) groups excluding carboxylic acids is 1. The minimum Gasteiger partial charge on any atom is -0.331 e. The standard InChI is InChI=1S/C21H23Cl2N3O3S/c22-17-9-7-16(8-10-17)20(15-5-6-15)24-21(27)25-11-13-26(14-12-25)30(28,29)19-4-2-1-3-18(19)23/h1-4,7-10,15,20H,5-6,11-14H2,(H,24,27)/t20-/m1/s1. The van der Waals surface area contributed by atoms with Gasteiger partial charge in [0.25, 0.3) is 0 Å². The highest BCUT2D eigenvalue weighted by molar-refractivity contribution is 7.89. The van der Waals surface area contributed by atoms with E-state index in [1.807, 2.05) is 24.3 Å². The predicted molar refractivity (Wildman–Crippen MR) is 117 cm³/mol. The van der Waals surface area contributed by atoms with E-state index in [2.05, 4.69) is 5.32 Å². The van der Waals surface area contributed by atoms with Gasteiger partial charge in [-0.2, -0.15) is 4.31 Å². The molecule has 1 aliphatic carbocycles. The Kier molecular flexibility index (Phi) is 6.25.